The molecule has 1 amide bonds. The van der Waals surface area contributed by atoms with E-state index >= 15 is 0 Å². The van der Waals surface area contributed by atoms with Crippen molar-refractivity contribution in [3.63, 3.8) is 0 Å². The number of alkyl halides is 2. The number of pyridine rings is 1. The van der Waals surface area contributed by atoms with Crippen molar-refractivity contribution < 1.29 is 13.6 Å². The van der Waals surface area contributed by atoms with Crippen LogP contribution in [0.3, 0.4) is 0 Å². The summed E-state index contributed by atoms with van der Waals surface area (Å²) < 4.78 is 28.4. The van der Waals surface area contributed by atoms with E-state index in [4.69, 9.17) is 0 Å². The molecule has 0 saturated heterocycles. The molecule has 1 aliphatic rings. The fourth-order valence-corrected chi connectivity index (χ4v) is 2.77. The molecule has 1 aliphatic heterocycles. The first kappa shape index (κ1) is 15.4. The molecule has 130 valence electrons. The van der Waals surface area contributed by atoms with Gasteiger partial charge in [0.1, 0.15) is 6.54 Å². The lowest BCUT2D eigenvalue weighted by molar-refractivity contribution is 0.0705. The molecule has 25 heavy (non-hydrogen) atoms. The normalized spacial score (nSPS) is 14.3. The van der Waals surface area contributed by atoms with Crippen LogP contribution in [0.15, 0.2) is 23.1 Å². The van der Waals surface area contributed by atoms with Gasteiger partial charge in [0, 0.05) is 19.3 Å². The van der Waals surface area contributed by atoms with Crippen LogP contribution in [-0.4, -0.2) is 58.2 Å². The molecule has 0 saturated carbocycles. The second kappa shape index (κ2) is 5.72. The Morgan fingerprint density at radius 3 is 2.92 bits per heavy atom. The van der Waals surface area contributed by atoms with Gasteiger partial charge in [0.2, 0.25) is 0 Å². The Hall–Kier alpha value is -3.18. The van der Waals surface area contributed by atoms with Crippen LogP contribution in [0.4, 0.5) is 8.78 Å². The van der Waals surface area contributed by atoms with E-state index < -0.39 is 18.7 Å². The van der Waals surface area contributed by atoms with Gasteiger partial charge in [-0.15, -0.1) is 5.10 Å². The standard InChI is InChI=1S/C13H12F2N8O2/c14-9(15)6-23-13(25)21-4-3-20(7-11(21)17-23)12(24)8-1-2-10-16-18-19-22(10)5-8/h1-2,5,9H,3-4,6-7H2. The number of carbonyl (C=O) groups excluding carboxylic acids is 1. The molecule has 0 radical (unpaired) electrons. The lowest BCUT2D eigenvalue weighted by Crippen LogP contribution is -2.41. The highest BCUT2D eigenvalue weighted by Crippen LogP contribution is 2.13. The van der Waals surface area contributed by atoms with Gasteiger partial charge in [0.05, 0.1) is 12.1 Å². The number of tetrazole rings is 1. The van der Waals surface area contributed by atoms with Gasteiger partial charge in [-0.05, 0) is 22.6 Å². The van der Waals surface area contributed by atoms with Crippen LogP contribution in [0.1, 0.15) is 16.2 Å². The molecule has 0 fully saturated rings. The van der Waals surface area contributed by atoms with Gasteiger partial charge < -0.3 is 4.90 Å². The third kappa shape index (κ3) is 2.64. The second-order valence-electron chi connectivity index (χ2n) is 5.55. The Labute approximate surface area is 138 Å². The van der Waals surface area contributed by atoms with E-state index in [9.17, 15) is 18.4 Å². The average molecular weight is 350 g/mol. The predicted octanol–water partition coefficient (Wildman–Crippen LogP) is -0.596. The molecule has 0 N–H and O–H groups in total. The third-order valence-electron chi connectivity index (χ3n) is 3.96. The van der Waals surface area contributed by atoms with E-state index in [0.29, 0.717) is 11.2 Å². The summed E-state index contributed by atoms with van der Waals surface area (Å²) in [5.74, 6) is 0.00765. The minimum atomic E-state index is -2.67. The number of halogens is 2. The van der Waals surface area contributed by atoms with Crippen LogP contribution in [0.2, 0.25) is 0 Å². The first-order chi connectivity index (χ1) is 12.0. The quantitative estimate of drug-likeness (QED) is 0.625. The second-order valence-corrected chi connectivity index (χ2v) is 5.55. The molecule has 0 unspecified atom stereocenters. The fourth-order valence-electron chi connectivity index (χ4n) is 2.77. The van der Waals surface area contributed by atoms with Crippen LogP contribution >= 0.6 is 0 Å². The number of hydrogen-bond donors (Lipinski definition) is 0. The first-order valence-electron chi connectivity index (χ1n) is 7.44. The summed E-state index contributed by atoms with van der Waals surface area (Å²) >= 11 is 0. The van der Waals surface area contributed by atoms with Gasteiger partial charge in [0.25, 0.3) is 12.3 Å². The highest BCUT2D eigenvalue weighted by molar-refractivity contribution is 5.94. The minimum absolute atomic E-state index is 0.0674. The highest BCUT2D eigenvalue weighted by atomic mass is 19.3. The van der Waals surface area contributed by atoms with Crippen LogP contribution in [0, 0.1) is 0 Å². The molecule has 10 nitrogen and oxygen atoms in total. The van der Waals surface area contributed by atoms with Crippen LogP contribution in [-0.2, 0) is 19.6 Å². The molecule has 4 rings (SSSR count). The van der Waals surface area contributed by atoms with Gasteiger partial charge >= 0.3 is 5.69 Å². The van der Waals surface area contributed by atoms with Crippen LogP contribution < -0.4 is 5.69 Å². The van der Waals surface area contributed by atoms with Crippen molar-refractivity contribution in [2.24, 2.45) is 0 Å². The number of rotatable bonds is 3. The predicted molar refractivity (Wildman–Crippen MR) is 78.0 cm³/mol. The zero-order valence-corrected chi connectivity index (χ0v) is 12.8. The summed E-state index contributed by atoms with van der Waals surface area (Å²) in [6.07, 6.45) is -1.16. The van der Waals surface area contributed by atoms with Crippen LogP contribution in [0.5, 0.6) is 0 Å². The number of fused-ring (bicyclic) bond motifs is 2. The van der Waals surface area contributed by atoms with Crippen molar-refractivity contribution in [2.45, 2.75) is 26.1 Å². The van der Waals surface area contributed by atoms with Gasteiger partial charge in [-0.25, -0.2) is 18.3 Å². The van der Waals surface area contributed by atoms with Crippen molar-refractivity contribution in [1.29, 1.82) is 0 Å². The number of nitrogens with zero attached hydrogens (tertiary/aromatic N) is 8. The van der Waals surface area contributed by atoms with Crippen molar-refractivity contribution >= 4 is 11.6 Å². The van der Waals surface area contributed by atoms with E-state index in [1.54, 1.807) is 12.1 Å². The Kier molecular flexibility index (Phi) is 3.51. The number of carbonyl (C=O) groups is 1. The number of aromatic nitrogens is 7. The molecule has 3 aromatic heterocycles. The van der Waals surface area contributed by atoms with E-state index in [1.807, 2.05) is 0 Å². The molecule has 3 aromatic rings. The van der Waals surface area contributed by atoms with Gasteiger partial charge in [0.15, 0.2) is 11.5 Å². The maximum absolute atomic E-state index is 12.6. The topological polar surface area (TPSA) is 103 Å². The van der Waals surface area contributed by atoms with Crippen molar-refractivity contribution in [3.8, 4) is 0 Å². The smallest absolute Gasteiger partial charge is 0.329 e. The maximum atomic E-state index is 12.6. The Morgan fingerprint density at radius 1 is 1.28 bits per heavy atom. The Bertz CT molecular complexity index is 1010. The van der Waals surface area contributed by atoms with Gasteiger partial charge in [-0.2, -0.15) is 9.61 Å². The Morgan fingerprint density at radius 2 is 2.12 bits per heavy atom. The molecule has 0 spiro atoms. The average Bonchev–Trinajstić information content (AvgIpc) is 3.18. The molecular formula is C13H12F2N8O2. The highest BCUT2D eigenvalue weighted by Gasteiger charge is 2.26. The Balaban J connectivity index is 1.59. The summed E-state index contributed by atoms with van der Waals surface area (Å²) in [7, 11) is 0. The van der Waals surface area contributed by atoms with Gasteiger partial charge in [-0.1, -0.05) is 0 Å². The van der Waals surface area contributed by atoms with Crippen LogP contribution in [0.25, 0.3) is 5.65 Å². The van der Waals surface area contributed by atoms with E-state index in [-0.39, 0.29) is 31.4 Å². The molecular weight excluding hydrogens is 338 g/mol. The fraction of sp³-hybridized carbons (Fsp3) is 0.385. The van der Waals surface area contributed by atoms with E-state index in [0.717, 1.165) is 4.68 Å². The summed E-state index contributed by atoms with van der Waals surface area (Å²) in [6.45, 7) is -0.212. The van der Waals surface area contributed by atoms with Crippen molar-refractivity contribution in [3.05, 3.63) is 40.2 Å². The third-order valence-corrected chi connectivity index (χ3v) is 3.96. The van der Waals surface area contributed by atoms with Crippen molar-refractivity contribution in [1.82, 2.24) is 39.3 Å². The number of hydrogen-bond acceptors (Lipinski definition) is 6. The first-order valence-corrected chi connectivity index (χ1v) is 7.44. The molecule has 0 atom stereocenters. The number of amides is 1. The zero-order chi connectivity index (χ0) is 17.6. The van der Waals surface area contributed by atoms with Crippen molar-refractivity contribution in [2.75, 3.05) is 6.54 Å². The molecule has 12 heteroatoms. The molecule has 0 aliphatic carbocycles. The molecule has 0 bridgehead atoms. The maximum Gasteiger partial charge on any atom is 0.346 e. The van der Waals surface area contributed by atoms with E-state index in [2.05, 4.69) is 20.6 Å². The monoisotopic (exact) mass is 350 g/mol. The largest absolute Gasteiger partial charge is 0.346 e. The lowest BCUT2D eigenvalue weighted by Gasteiger charge is -2.26. The lowest BCUT2D eigenvalue weighted by atomic mass is 10.2. The SMILES string of the molecule is O=C(c1ccc2nnnn2c1)N1CCn2c(nn(CC(F)F)c2=O)C1. The summed E-state index contributed by atoms with van der Waals surface area (Å²) in [5, 5.41) is 14.9. The molecule has 4 heterocycles. The molecule has 0 aromatic carbocycles. The summed E-state index contributed by atoms with van der Waals surface area (Å²) in [6, 6.07) is 3.22. The summed E-state index contributed by atoms with van der Waals surface area (Å²) in [4.78, 5) is 26.2. The van der Waals surface area contributed by atoms with E-state index in [1.165, 1.54) is 20.2 Å². The zero-order valence-electron chi connectivity index (χ0n) is 12.8. The summed E-state index contributed by atoms with van der Waals surface area (Å²) in [5.41, 5.74) is 0.301. The van der Waals surface area contributed by atoms with Gasteiger partial charge in [-0.3, -0.25) is 9.36 Å². The minimum Gasteiger partial charge on any atom is -0.329 e.